The maximum atomic E-state index is 11.8. The van der Waals surface area contributed by atoms with E-state index in [-0.39, 0.29) is 17.9 Å². The molecule has 1 fully saturated rings. The highest BCUT2D eigenvalue weighted by molar-refractivity contribution is 5.79. The summed E-state index contributed by atoms with van der Waals surface area (Å²) in [4.78, 5) is 24.5. The van der Waals surface area contributed by atoms with E-state index in [0.717, 1.165) is 19.4 Å². The molecule has 0 aromatic rings. The van der Waals surface area contributed by atoms with Gasteiger partial charge in [-0.1, -0.05) is 0 Å². The van der Waals surface area contributed by atoms with Crippen LogP contribution in [0, 0.1) is 5.92 Å². The summed E-state index contributed by atoms with van der Waals surface area (Å²) in [7, 11) is 3.37. The number of hydrogen-bond acceptors (Lipinski definition) is 3. The second-order valence-corrected chi connectivity index (χ2v) is 5.00. The predicted molar refractivity (Wildman–Crippen MR) is 70.3 cm³/mol. The fourth-order valence-corrected chi connectivity index (χ4v) is 1.88. The Morgan fingerprint density at radius 2 is 1.89 bits per heavy atom. The van der Waals surface area contributed by atoms with Crippen LogP contribution < -0.4 is 16.0 Å². The molecule has 18 heavy (non-hydrogen) atoms. The van der Waals surface area contributed by atoms with Gasteiger partial charge in [0.1, 0.15) is 0 Å². The van der Waals surface area contributed by atoms with Crippen molar-refractivity contribution < 1.29 is 9.59 Å². The van der Waals surface area contributed by atoms with Gasteiger partial charge in [0.25, 0.3) is 0 Å². The molecule has 0 aromatic heterocycles. The lowest BCUT2D eigenvalue weighted by atomic mass is 9.95. The van der Waals surface area contributed by atoms with E-state index >= 15 is 0 Å². The Kier molecular flexibility index (Phi) is 5.91. The molecule has 3 N–H and O–H groups in total. The van der Waals surface area contributed by atoms with Crippen LogP contribution in [0.15, 0.2) is 0 Å². The lowest BCUT2D eigenvalue weighted by Gasteiger charge is -2.26. The first-order chi connectivity index (χ1) is 8.50. The van der Waals surface area contributed by atoms with Gasteiger partial charge in [-0.25, -0.2) is 4.79 Å². The Balaban J connectivity index is 2.12. The van der Waals surface area contributed by atoms with Gasteiger partial charge in [0.05, 0.1) is 5.92 Å². The molecule has 0 radical (unpaired) electrons. The van der Waals surface area contributed by atoms with Crippen LogP contribution in [0.4, 0.5) is 4.79 Å². The van der Waals surface area contributed by atoms with Crippen LogP contribution >= 0.6 is 0 Å². The monoisotopic (exact) mass is 256 g/mol. The molecule has 6 heteroatoms. The normalized spacial score (nSPS) is 23.3. The molecular formula is C12H24N4O2. The number of nitrogens with zero attached hydrogens (tertiary/aromatic N) is 1. The zero-order valence-corrected chi connectivity index (χ0v) is 11.5. The van der Waals surface area contributed by atoms with Crippen LogP contribution in [0.1, 0.15) is 19.8 Å². The third-order valence-electron chi connectivity index (χ3n) is 3.14. The molecule has 3 amide bonds. The summed E-state index contributed by atoms with van der Waals surface area (Å²) in [6.07, 6.45) is 1.97. The van der Waals surface area contributed by atoms with E-state index in [1.165, 1.54) is 4.90 Å². The van der Waals surface area contributed by atoms with E-state index < -0.39 is 0 Å². The van der Waals surface area contributed by atoms with Gasteiger partial charge < -0.3 is 20.9 Å². The number of piperidine rings is 1. The number of amides is 3. The van der Waals surface area contributed by atoms with Crippen LogP contribution in [-0.4, -0.2) is 56.6 Å². The van der Waals surface area contributed by atoms with Crippen molar-refractivity contribution in [1.29, 1.82) is 0 Å². The van der Waals surface area contributed by atoms with Crippen molar-refractivity contribution in [3.63, 3.8) is 0 Å². The van der Waals surface area contributed by atoms with Crippen molar-refractivity contribution in [3.05, 3.63) is 0 Å². The molecule has 1 aliphatic rings. The summed E-state index contributed by atoms with van der Waals surface area (Å²) >= 11 is 0. The standard InChI is InChI=1S/C12H24N4O2/c1-9-4-5-10(8-15-9)11(17)13-6-7-14-12(18)16(2)3/h9-10,15H,4-8H2,1-3H3,(H,13,17)(H,14,18). The van der Waals surface area contributed by atoms with Crippen LogP contribution in [0.5, 0.6) is 0 Å². The van der Waals surface area contributed by atoms with Crippen molar-refractivity contribution in [2.24, 2.45) is 5.92 Å². The molecule has 1 saturated heterocycles. The molecule has 0 spiro atoms. The number of hydrogen-bond donors (Lipinski definition) is 3. The third kappa shape index (κ3) is 4.91. The first kappa shape index (κ1) is 14.8. The van der Waals surface area contributed by atoms with Crippen molar-refractivity contribution in [3.8, 4) is 0 Å². The Labute approximate surface area is 108 Å². The average molecular weight is 256 g/mol. The summed E-state index contributed by atoms with van der Waals surface area (Å²) in [5.41, 5.74) is 0. The molecule has 2 unspecified atom stereocenters. The van der Waals surface area contributed by atoms with E-state index in [9.17, 15) is 9.59 Å². The Morgan fingerprint density at radius 3 is 2.44 bits per heavy atom. The Hall–Kier alpha value is -1.30. The smallest absolute Gasteiger partial charge is 0.316 e. The van der Waals surface area contributed by atoms with E-state index in [1.54, 1.807) is 14.1 Å². The Morgan fingerprint density at radius 1 is 1.22 bits per heavy atom. The largest absolute Gasteiger partial charge is 0.354 e. The maximum absolute atomic E-state index is 11.8. The molecule has 0 aromatic carbocycles. The number of carbonyl (C=O) groups is 2. The minimum atomic E-state index is -0.141. The summed E-state index contributed by atoms with van der Waals surface area (Å²) < 4.78 is 0. The van der Waals surface area contributed by atoms with E-state index in [2.05, 4.69) is 22.9 Å². The molecule has 1 aliphatic heterocycles. The summed E-state index contributed by atoms with van der Waals surface area (Å²) in [6, 6.07) is 0.367. The number of rotatable bonds is 4. The summed E-state index contributed by atoms with van der Waals surface area (Å²) in [6.45, 7) is 3.81. The predicted octanol–water partition coefficient (Wildman–Crippen LogP) is -0.238. The molecule has 0 saturated carbocycles. The van der Waals surface area contributed by atoms with Gasteiger partial charge in [-0.15, -0.1) is 0 Å². The van der Waals surface area contributed by atoms with Gasteiger partial charge in [0.2, 0.25) is 5.91 Å². The van der Waals surface area contributed by atoms with Crippen LogP contribution in [-0.2, 0) is 4.79 Å². The summed E-state index contributed by atoms with van der Waals surface area (Å²) in [5, 5.41) is 8.85. The quantitative estimate of drug-likeness (QED) is 0.608. The number of carbonyl (C=O) groups excluding carboxylic acids is 2. The third-order valence-corrected chi connectivity index (χ3v) is 3.14. The topological polar surface area (TPSA) is 73.5 Å². The van der Waals surface area contributed by atoms with E-state index in [0.29, 0.717) is 19.1 Å². The van der Waals surface area contributed by atoms with Crippen molar-refractivity contribution in [1.82, 2.24) is 20.9 Å². The average Bonchev–Trinajstić information content (AvgIpc) is 2.34. The van der Waals surface area contributed by atoms with Gasteiger partial charge in [0.15, 0.2) is 0 Å². The van der Waals surface area contributed by atoms with Gasteiger partial charge in [-0.2, -0.15) is 0 Å². The molecule has 0 bridgehead atoms. The first-order valence-corrected chi connectivity index (χ1v) is 6.47. The molecular weight excluding hydrogens is 232 g/mol. The molecule has 1 rings (SSSR count). The SMILES string of the molecule is CC1CCC(C(=O)NCCNC(=O)N(C)C)CN1. The summed E-state index contributed by atoms with van der Waals surface area (Å²) in [5.74, 6) is 0.138. The van der Waals surface area contributed by atoms with Crippen LogP contribution in [0.25, 0.3) is 0 Å². The van der Waals surface area contributed by atoms with Crippen molar-refractivity contribution >= 4 is 11.9 Å². The van der Waals surface area contributed by atoms with Gasteiger partial charge in [-0.3, -0.25) is 4.79 Å². The first-order valence-electron chi connectivity index (χ1n) is 6.47. The second kappa shape index (κ2) is 7.20. The second-order valence-electron chi connectivity index (χ2n) is 5.00. The molecule has 1 heterocycles. The lowest BCUT2D eigenvalue weighted by molar-refractivity contribution is -0.125. The molecule has 6 nitrogen and oxygen atoms in total. The Bertz CT molecular complexity index is 286. The van der Waals surface area contributed by atoms with Crippen molar-refractivity contribution in [2.75, 3.05) is 33.7 Å². The van der Waals surface area contributed by atoms with Crippen LogP contribution in [0.3, 0.4) is 0 Å². The van der Waals surface area contributed by atoms with Crippen molar-refractivity contribution in [2.45, 2.75) is 25.8 Å². The van der Waals surface area contributed by atoms with Gasteiger partial charge >= 0.3 is 6.03 Å². The highest BCUT2D eigenvalue weighted by Crippen LogP contribution is 2.13. The minimum Gasteiger partial charge on any atom is -0.354 e. The minimum absolute atomic E-state index is 0.0609. The van der Waals surface area contributed by atoms with Gasteiger partial charge in [0, 0.05) is 39.8 Å². The molecule has 0 aliphatic carbocycles. The highest BCUT2D eigenvalue weighted by atomic mass is 16.2. The fraction of sp³-hybridized carbons (Fsp3) is 0.833. The van der Waals surface area contributed by atoms with Gasteiger partial charge in [-0.05, 0) is 19.8 Å². The number of nitrogens with one attached hydrogen (secondary N) is 3. The van der Waals surface area contributed by atoms with E-state index in [4.69, 9.17) is 0 Å². The zero-order valence-electron chi connectivity index (χ0n) is 11.5. The maximum Gasteiger partial charge on any atom is 0.316 e. The lowest BCUT2D eigenvalue weighted by Crippen LogP contribution is -2.46. The van der Waals surface area contributed by atoms with Crippen LogP contribution in [0.2, 0.25) is 0 Å². The van der Waals surface area contributed by atoms with E-state index in [1.807, 2.05) is 0 Å². The molecule has 2 atom stereocenters. The fourth-order valence-electron chi connectivity index (χ4n) is 1.88. The highest BCUT2D eigenvalue weighted by Gasteiger charge is 2.23. The zero-order chi connectivity index (χ0) is 13.5. The molecule has 104 valence electrons. The number of urea groups is 1.